The molecule has 0 radical (unpaired) electrons. The van der Waals surface area contributed by atoms with Crippen LogP contribution < -0.4 is 0 Å². The van der Waals surface area contributed by atoms with Crippen LogP contribution in [-0.2, 0) is 16.2 Å². The van der Waals surface area contributed by atoms with Crippen LogP contribution in [0.1, 0.15) is 74.9 Å². The second-order valence-electron chi connectivity index (χ2n) is 42.0. The van der Waals surface area contributed by atoms with Gasteiger partial charge in [0, 0.05) is 114 Å². The van der Waals surface area contributed by atoms with Crippen LogP contribution in [0.25, 0.3) is 265 Å². The van der Waals surface area contributed by atoms with Crippen LogP contribution in [0.15, 0.2) is 486 Å². The molecule has 0 bridgehead atoms. The normalized spacial score (nSPS) is 13.5. The summed E-state index contributed by atoms with van der Waals surface area (Å²) < 4.78 is 28.7. The van der Waals surface area contributed by atoms with Gasteiger partial charge in [-0.25, -0.2) is 0 Å². The Labute approximate surface area is 854 Å². The van der Waals surface area contributed by atoms with Gasteiger partial charge in [0.05, 0.1) is 49.8 Å². The van der Waals surface area contributed by atoms with Gasteiger partial charge in [-0.3, -0.25) is 0 Å². The standard InChI is InChI=1S/C51H34N2O.2C45H31NO/c1-51(2)42-19-9-6-15-34(42)38-30-48-41(29-43(38)51)40-28-32(24-26-46(40)53(48)47-21-12-18-37-36-17-8-11-22-49(36)54-50(37)47)31-23-25-45-39(27-31)35-16-7-10-20-44(35)52(45)33-13-4-3-5-14-33;1-45(2)39-15-6-3-10-33(39)37-27-42-38(26-40(37)45)34-11-4-7-16-41(34)46(42)31-24-22-29(23-25-31)28-18-20-30(21-19-28)32-13-9-14-36-35-12-5-8-17-43(35)47-44(32)36;1-45(2)39-12-6-3-9-33(39)36-27-42-37(26-40(36)45)34-10-4-7-13-41(34)46(42)32-22-19-29(20-23-32)28-15-17-30(18-16-28)31-21-24-44-38(25-31)35-11-5-8-14-43(35)47-44/h3-30H,1-2H3;2*3-27H,1-2H3. The topological polar surface area (TPSA) is 59.1 Å². The predicted octanol–water partition coefficient (Wildman–Crippen LogP) is 38.4. The fraction of sp³-hybridized carbons (Fsp3) is 0.0638. The van der Waals surface area contributed by atoms with E-state index in [1.54, 1.807) is 0 Å². The molecule has 29 aromatic rings. The Morgan fingerprint density at radius 2 is 0.432 bits per heavy atom. The third kappa shape index (κ3) is 12.8. The van der Waals surface area contributed by atoms with Crippen LogP contribution in [0.4, 0.5) is 0 Å². The molecule has 0 fully saturated rings. The molecule has 148 heavy (non-hydrogen) atoms. The fourth-order valence-corrected chi connectivity index (χ4v) is 25.6. The first-order valence-corrected chi connectivity index (χ1v) is 51.5. The third-order valence-electron chi connectivity index (χ3n) is 33.0. The van der Waals surface area contributed by atoms with Crippen molar-refractivity contribution in [2.24, 2.45) is 0 Å². The number of fused-ring (bicyclic) bond motifs is 30. The van der Waals surface area contributed by atoms with Crippen molar-refractivity contribution in [3.63, 3.8) is 0 Å². The number of rotatable bonds is 9. The van der Waals surface area contributed by atoms with Gasteiger partial charge in [-0.05, 0) is 268 Å². The number of furan rings is 3. The molecule has 0 spiro atoms. The van der Waals surface area contributed by atoms with Crippen molar-refractivity contribution in [3.05, 3.63) is 507 Å². The first kappa shape index (κ1) is 85.1. The van der Waals surface area contributed by atoms with Gasteiger partial charge in [0.2, 0.25) is 0 Å². The molecule has 0 N–H and O–H groups in total. The Morgan fingerprint density at radius 1 is 0.149 bits per heavy atom. The summed E-state index contributed by atoms with van der Waals surface area (Å²) in [5, 5.41) is 17.1. The summed E-state index contributed by atoms with van der Waals surface area (Å²) in [5.74, 6) is 0. The molecule has 0 unspecified atom stereocenters. The molecule has 7 heteroatoms. The molecule has 698 valence electrons. The molecule has 3 aliphatic rings. The van der Waals surface area contributed by atoms with Crippen LogP contribution in [0, 0.1) is 0 Å². The van der Waals surface area contributed by atoms with Crippen molar-refractivity contribution in [2.45, 2.75) is 57.8 Å². The van der Waals surface area contributed by atoms with Crippen molar-refractivity contribution in [3.8, 4) is 112 Å². The molecule has 22 aromatic carbocycles. The van der Waals surface area contributed by atoms with Gasteiger partial charge in [-0.15, -0.1) is 0 Å². The van der Waals surface area contributed by atoms with Gasteiger partial charge >= 0.3 is 0 Å². The van der Waals surface area contributed by atoms with Crippen LogP contribution in [-0.4, -0.2) is 18.3 Å². The number of benzene rings is 22. The van der Waals surface area contributed by atoms with E-state index in [-0.39, 0.29) is 16.2 Å². The van der Waals surface area contributed by atoms with E-state index < -0.39 is 0 Å². The van der Waals surface area contributed by atoms with Crippen molar-refractivity contribution in [1.29, 1.82) is 0 Å². The number of aromatic nitrogens is 4. The molecule has 0 saturated heterocycles. The van der Waals surface area contributed by atoms with Gasteiger partial charge in [-0.1, -0.05) is 363 Å². The van der Waals surface area contributed by atoms with E-state index in [0.717, 1.165) is 82.6 Å². The molecule has 0 atom stereocenters. The van der Waals surface area contributed by atoms with Crippen molar-refractivity contribution >= 4 is 153 Å². The lowest BCUT2D eigenvalue weighted by atomic mass is 9.82. The molecule has 0 aliphatic heterocycles. The third-order valence-corrected chi connectivity index (χ3v) is 33.0. The Kier molecular flexibility index (Phi) is 18.5. The number of nitrogens with zero attached hydrogens (tertiary/aromatic N) is 4. The second-order valence-corrected chi connectivity index (χ2v) is 42.0. The quantitative estimate of drug-likeness (QED) is 0.145. The first-order chi connectivity index (χ1) is 72.6. The zero-order valence-electron chi connectivity index (χ0n) is 82.5. The SMILES string of the molecule is CC1(C)c2ccccc2-c2cc3c(cc21)c1cc(-c2ccc4c(c2)c2ccccc2n4-c2ccccc2)ccc1n3-c1cccc2c1oc1ccccc12.CC1(C)c2ccccc2-c2cc3c(cc21)c1ccccc1n3-c1ccc(-c2ccc(-c3ccc4oc5ccccc5c4c3)cc2)cc1.CC1(C)c2ccccc2-c2cc3c(cc21)c1ccccc1n3-c1ccc(-c2ccc(-c3cccc4c3oc3ccccc34)cc2)cc1. The lowest BCUT2D eigenvalue weighted by molar-refractivity contribution is 0.661. The summed E-state index contributed by atoms with van der Waals surface area (Å²) in [6.45, 7) is 14.1. The van der Waals surface area contributed by atoms with Crippen molar-refractivity contribution < 1.29 is 13.3 Å². The van der Waals surface area contributed by atoms with E-state index in [4.69, 9.17) is 13.3 Å². The van der Waals surface area contributed by atoms with E-state index in [2.05, 4.69) is 503 Å². The molecule has 32 rings (SSSR count). The summed E-state index contributed by atoms with van der Waals surface area (Å²) in [4.78, 5) is 0. The highest BCUT2D eigenvalue weighted by Gasteiger charge is 2.40. The molecule has 7 heterocycles. The highest BCUT2D eigenvalue weighted by molar-refractivity contribution is 6.19. The molecule has 7 aromatic heterocycles. The van der Waals surface area contributed by atoms with Gasteiger partial charge in [0.1, 0.15) is 27.9 Å². The molecular weight excluding hydrogens is 1800 g/mol. The summed E-state index contributed by atoms with van der Waals surface area (Å²) in [6, 6.07) is 172. The lowest BCUT2D eigenvalue weighted by Gasteiger charge is -2.21. The van der Waals surface area contributed by atoms with Gasteiger partial charge < -0.3 is 31.5 Å². The Hall–Kier alpha value is -18.6. The van der Waals surface area contributed by atoms with Crippen molar-refractivity contribution in [1.82, 2.24) is 18.3 Å². The van der Waals surface area contributed by atoms with E-state index in [1.165, 1.54) is 216 Å². The lowest BCUT2D eigenvalue weighted by Crippen LogP contribution is -2.14. The van der Waals surface area contributed by atoms with E-state index >= 15 is 0 Å². The highest BCUT2D eigenvalue weighted by atomic mass is 16.3. The maximum absolute atomic E-state index is 6.67. The largest absolute Gasteiger partial charge is 0.456 e. The average molecular weight is 1890 g/mol. The van der Waals surface area contributed by atoms with Crippen LogP contribution in [0.2, 0.25) is 0 Å². The van der Waals surface area contributed by atoms with Crippen LogP contribution in [0.5, 0.6) is 0 Å². The van der Waals surface area contributed by atoms with E-state index in [1.807, 2.05) is 30.3 Å². The zero-order chi connectivity index (χ0) is 98.3. The molecule has 7 nitrogen and oxygen atoms in total. The first-order valence-electron chi connectivity index (χ1n) is 51.5. The minimum Gasteiger partial charge on any atom is -0.456 e. The summed E-state index contributed by atoms with van der Waals surface area (Å²) in [5.41, 5.74) is 47.9. The van der Waals surface area contributed by atoms with Gasteiger partial charge in [-0.2, -0.15) is 0 Å². The Balaban J connectivity index is 0.000000103. The maximum Gasteiger partial charge on any atom is 0.159 e. The summed E-state index contributed by atoms with van der Waals surface area (Å²) in [7, 11) is 0. The van der Waals surface area contributed by atoms with Gasteiger partial charge in [0.15, 0.2) is 5.58 Å². The molecule has 3 aliphatic carbocycles. The van der Waals surface area contributed by atoms with Crippen LogP contribution >= 0.6 is 0 Å². The summed E-state index contributed by atoms with van der Waals surface area (Å²) >= 11 is 0. The van der Waals surface area contributed by atoms with E-state index in [9.17, 15) is 0 Å². The number of hydrogen-bond donors (Lipinski definition) is 0. The maximum atomic E-state index is 6.67. The minimum atomic E-state index is -0.108. The smallest absolute Gasteiger partial charge is 0.159 e. The monoisotopic (exact) mass is 1890 g/mol. The number of hydrogen-bond acceptors (Lipinski definition) is 3. The fourth-order valence-electron chi connectivity index (χ4n) is 25.6. The predicted molar refractivity (Wildman–Crippen MR) is 618 cm³/mol. The molecule has 0 saturated carbocycles. The van der Waals surface area contributed by atoms with E-state index in [0.29, 0.717) is 0 Å². The van der Waals surface area contributed by atoms with Crippen molar-refractivity contribution in [2.75, 3.05) is 0 Å². The Bertz CT molecular complexity index is 10600. The van der Waals surface area contributed by atoms with Gasteiger partial charge in [0.25, 0.3) is 0 Å². The van der Waals surface area contributed by atoms with Crippen LogP contribution in [0.3, 0.4) is 0 Å². The second kappa shape index (κ2) is 32.2. The Morgan fingerprint density at radius 3 is 0.912 bits per heavy atom. The minimum absolute atomic E-state index is 0.0269. The molecule has 0 amide bonds. The average Bonchev–Trinajstić information content (AvgIpc) is 1.53. The summed E-state index contributed by atoms with van der Waals surface area (Å²) in [6.07, 6.45) is 0. The number of para-hydroxylation sites is 9. The molecular formula is C141H96N4O3. The highest BCUT2D eigenvalue weighted by Crippen LogP contribution is 2.57. The zero-order valence-corrected chi connectivity index (χ0v) is 82.5.